The molecule has 2 aromatic rings. The van der Waals surface area contributed by atoms with Gasteiger partial charge in [-0.25, -0.2) is 4.79 Å². The van der Waals surface area contributed by atoms with Crippen LogP contribution in [-0.2, 0) is 4.74 Å². The molecular formula is C15H19FN4O3. The molecule has 1 atom stereocenters. The summed E-state index contributed by atoms with van der Waals surface area (Å²) in [6.07, 6.45) is 0.937. The van der Waals surface area contributed by atoms with Crippen LogP contribution in [0.5, 0.6) is 0 Å². The second kappa shape index (κ2) is 5.36. The van der Waals surface area contributed by atoms with Crippen molar-refractivity contribution in [1.82, 2.24) is 19.5 Å². The number of halogens is 1. The van der Waals surface area contributed by atoms with Crippen molar-refractivity contribution in [2.45, 2.75) is 45.3 Å². The Bertz CT molecular complexity index is 805. The normalized spacial score (nSPS) is 18.6. The first-order valence-electron chi connectivity index (χ1n) is 7.53. The van der Waals surface area contributed by atoms with Gasteiger partial charge in [0.1, 0.15) is 11.1 Å². The van der Waals surface area contributed by atoms with Crippen molar-refractivity contribution in [3.05, 3.63) is 34.3 Å². The van der Waals surface area contributed by atoms with E-state index in [9.17, 15) is 14.0 Å². The van der Waals surface area contributed by atoms with Gasteiger partial charge in [0.2, 0.25) is 5.95 Å². The van der Waals surface area contributed by atoms with Crippen LogP contribution in [0.25, 0.3) is 5.52 Å². The number of carbonyl (C=O) groups excluding carboxylic acids is 1. The number of nitrogens with one attached hydrogen (secondary N) is 1. The molecule has 124 valence electrons. The van der Waals surface area contributed by atoms with E-state index < -0.39 is 29.2 Å². The average molecular weight is 322 g/mol. The number of amides is 1. The van der Waals surface area contributed by atoms with Gasteiger partial charge in [0.25, 0.3) is 5.56 Å². The first-order chi connectivity index (χ1) is 10.8. The van der Waals surface area contributed by atoms with E-state index in [0.717, 1.165) is 10.9 Å². The lowest BCUT2D eigenvalue weighted by molar-refractivity contribution is 0.0217. The van der Waals surface area contributed by atoms with Gasteiger partial charge in [-0.15, -0.1) is 5.10 Å². The number of carbonyl (C=O) groups is 1. The number of hydrogen-bond donors (Lipinski definition) is 1. The molecule has 1 aliphatic rings. The van der Waals surface area contributed by atoms with Crippen LogP contribution in [0.3, 0.4) is 0 Å². The van der Waals surface area contributed by atoms with E-state index >= 15 is 0 Å². The Morgan fingerprint density at radius 3 is 2.87 bits per heavy atom. The fourth-order valence-electron chi connectivity index (χ4n) is 2.73. The number of ether oxygens (including phenoxy) is 1. The standard InChI is InChI=1S/C15H19FN4O3/c1-15(2,3)23-14(22)19-8-4-5-9(19)12-17-13(21)10-6-7-11(16)20(10)18-12/h6-7,9H,4-5,8H2,1-3H3,(H,17,18,21)/t9-/m0/s1. The van der Waals surface area contributed by atoms with Gasteiger partial charge in [0, 0.05) is 6.54 Å². The van der Waals surface area contributed by atoms with Crippen LogP contribution < -0.4 is 5.56 Å². The lowest BCUT2D eigenvalue weighted by atomic mass is 10.2. The molecule has 3 rings (SSSR count). The third kappa shape index (κ3) is 2.93. The zero-order chi connectivity index (χ0) is 16.8. The van der Waals surface area contributed by atoms with Gasteiger partial charge < -0.3 is 9.72 Å². The van der Waals surface area contributed by atoms with E-state index in [2.05, 4.69) is 10.1 Å². The van der Waals surface area contributed by atoms with Gasteiger partial charge in [-0.1, -0.05) is 0 Å². The summed E-state index contributed by atoms with van der Waals surface area (Å²) in [5, 5.41) is 4.14. The van der Waals surface area contributed by atoms with Crippen molar-refractivity contribution >= 4 is 11.6 Å². The summed E-state index contributed by atoms with van der Waals surface area (Å²) in [5.74, 6) is -0.352. The molecule has 0 spiro atoms. The molecule has 0 radical (unpaired) electrons. The number of aromatic nitrogens is 3. The first kappa shape index (κ1) is 15.5. The molecule has 0 bridgehead atoms. The molecule has 1 amide bonds. The van der Waals surface area contributed by atoms with Gasteiger partial charge in [-0.05, 0) is 45.7 Å². The third-order valence-corrected chi connectivity index (χ3v) is 3.69. The van der Waals surface area contributed by atoms with Crippen molar-refractivity contribution in [3.63, 3.8) is 0 Å². The summed E-state index contributed by atoms with van der Waals surface area (Å²) in [4.78, 5) is 28.5. The molecule has 0 saturated carbocycles. The summed E-state index contributed by atoms with van der Waals surface area (Å²) >= 11 is 0. The predicted octanol–water partition coefficient (Wildman–Crippen LogP) is 2.23. The van der Waals surface area contributed by atoms with E-state index in [1.807, 2.05) is 0 Å². The van der Waals surface area contributed by atoms with E-state index in [-0.39, 0.29) is 11.3 Å². The maximum Gasteiger partial charge on any atom is 0.410 e. The molecule has 1 aliphatic heterocycles. The van der Waals surface area contributed by atoms with E-state index in [1.165, 1.54) is 17.0 Å². The highest BCUT2D eigenvalue weighted by molar-refractivity contribution is 5.69. The maximum absolute atomic E-state index is 13.7. The fourth-order valence-corrected chi connectivity index (χ4v) is 2.73. The van der Waals surface area contributed by atoms with Crippen LogP contribution in [0.4, 0.5) is 9.18 Å². The Morgan fingerprint density at radius 1 is 1.43 bits per heavy atom. The van der Waals surface area contributed by atoms with E-state index in [0.29, 0.717) is 13.0 Å². The number of aromatic amines is 1. The first-order valence-corrected chi connectivity index (χ1v) is 7.53. The smallest absolute Gasteiger partial charge is 0.410 e. The van der Waals surface area contributed by atoms with Crippen LogP contribution in [-0.4, -0.2) is 37.7 Å². The van der Waals surface area contributed by atoms with Crippen molar-refractivity contribution in [3.8, 4) is 0 Å². The minimum Gasteiger partial charge on any atom is -0.444 e. The fraction of sp³-hybridized carbons (Fsp3) is 0.533. The summed E-state index contributed by atoms with van der Waals surface area (Å²) in [6.45, 7) is 5.88. The molecule has 23 heavy (non-hydrogen) atoms. The third-order valence-electron chi connectivity index (χ3n) is 3.69. The monoisotopic (exact) mass is 322 g/mol. The van der Waals surface area contributed by atoms with Gasteiger partial charge >= 0.3 is 6.09 Å². The Hall–Kier alpha value is -2.38. The topological polar surface area (TPSA) is 79.7 Å². The van der Waals surface area contributed by atoms with E-state index in [4.69, 9.17) is 4.74 Å². The number of rotatable bonds is 1. The number of H-pyrrole nitrogens is 1. The number of nitrogens with zero attached hydrogens (tertiary/aromatic N) is 3. The Morgan fingerprint density at radius 2 is 2.17 bits per heavy atom. The molecule has 2 aromatic heterocycles. The maximum atomic E-state index is 13.7. The summed E-state index contributed by atoms with van der Waals surface area (Å²) in [6, 6.07) is 2.12. The molecule has 1 fully saturated rings. The van der Waals surface area contributed by atoms with Gasteiger partial charge in [-0.3, -0.25) is 9.69 Å². The highest BCUT2D eigenvalue weighted by Crippen LogP contribution is 2.30. The van der Waals surface area contributed by atoms with Crippen molar-refractivity contribution in [2.24, 2.45) is 0 Å². The molecule has 0 unspecified atom stereocenters. The molecule has 7 nitrogen and oxygen atoms in total. The minimum absolute atomic E-state index is 0.132. The molecule has 8 heteroatoms. The molecule has 0 aliphatic carbocycles. The zero-order valence-corrected chi connectivity index (χ0v) is 13.3. The summed E-state index contributed by atoms with van der Waals surface area (Å²) in [7, 11) is 0. The number of hydrogen-bond acceptors (Lipinski definition) is 4. The predicted molar refractivity (Wildman–Crippen MR) is 80.7 cm³/mol. The molecule has 0 aromatic carbocycles. The minimum atomic E-state index is -0.617. The van der Waals surface area contributed by atoms with Crippen LogP contribution in [0.15, 0.2) is 16.9 Å². The average Bonchev–Trinajstić information content (AvgIpc) is 3.04. The van der Waals surface area contributed by atoms with Crippen molar-refractivity contribution < 1.29 is 13.9 Å². The Kier molecular flexibility index (Phi) is 3.62. The number of fused-ring (bicyclic) bond motifs is 1. The second-order valence-electron chi connectivity index (χ2n) is 6.62. The lowest BCUT2D eigenvalue weighted by Crippen LogP contribution is -2.37. The van der Waals surface area contributed by atoms with Gasteiger partial charge in [0.15, 0.2) is 5.82 Å². The highest BCUT2D eigenvalue weighted by atomic mass is 19.1. The highest BCUT2D eigenvalue weighted by Gasteiger charge is 2.35. The van der Waals surface area contributed by atoms with Crippen LogP contribution in [0.1, 0.15) is 45.5 Å². The van der Waals surface area contributed by atoms with Crippen LogP contribution in [0, 0.1) is 5.95 Å². The van der Waals surface area contributed by atoms with Crippen molar-refractivity contribution in [1.29, 1.82) is 0 Å². The van der Waals surface area contributed by atoms with E-state index in [1.54, 1.807) is 20.8 Å². The quantitative estimate of drug-likeness (QED) is 0.873. The number of likely N-dealkylation sites (tertiary alicyclic amines) is 1. The molecule has 1 N–H and O–H groups in total. The molecular weight excluding hydrogens is 303 g/mol. The molecule has 1 saturated heterocycles. The van der Waals surface area contributed by atoms with Crippen LogP contribution >= 0.6 is 0 Å². The van der Waals surface area contributed by atoms with Crippen molar-refractivity contribution in [2.75, 3.05) is 6.54 Å². The molecule has 3 heterocycles. The second-order valence-corrected chi connectivity index (χ2v) is 6.62. The zero-order valence-electron chi connectivity index (χ0n) is 13.3. The largest absolute Gasteiger partial charge is 0.444 e. The lowest BCUT2D eigenvalue weighted by Gasteiger charge is -2.28. The summed E-state index contributed by atoms with van der Waals surface area (Å²) < 4.78 is 20.1. The van der Waals surface area contributed by atoms with Crippen LogP contribution in [0.2, 0.25) is 0 Å². The van der Waals surface area contributed by atoms with Gasteiger partial charge in [-0.2, -0.15) is 8.91 Å². The Labute approximate surface area is 132 Å². The summed E-state index contributed by atoms with van der Waals surface area (Å²) in [5.41, 5.74) is -0.912. The van der Waals surface area contributed by atoms with Gasteiger partial charge in [0.05, 0.1) is 6.04 Å². The SMILES string of the molecule is CC(C)(C)OC(=O)N1CCC[C@H]1c1nn2c(F)ccc2c(=O)[nH]1. The Balaban J connectivity index is 1.95.